The lowest BCUT2D eigenvalue weighted by atomic mass is 9.95. The minimum absolute atomic E-state index is 0.0343. The summed E-state index contributed by atoms with van der Waals surface area (Å²) in [5.41, 5.74) is 0.268. The molecule has 2 N–H and O–H groups in total. The molecule has 0 radical (unpaired) electrons. The van der Waals surface area contributed by atoms with Crippen molar-refractivity contribution in [3.63, 3.8) is 0 Å². The van der Waals surface area contributed by atoms with Crippen molar-refractivity contribution >= 4 is 5.91 Å². The molecule has 1 fully saturated rings. The van der Waals surface area contributed by atoms with Crippen molar-refractivity contribution in [1.82, 2.24) is 20.3 Å². The standard InChI is InChI=1S/C18H21F3N4O3/c1-17(7-2-8-28-11-17)22-15(26)10-25-9-14(23-24-25)12-3-5-13(6-4-12)16(27)18(19,20)21/h3-6,9,16,27H,2,7-8,10-11H2,1H3,(H,22,26). The molecule has 28 heavy (non-hydrogen) atoms. The molecule has 2 heterocycles. The number of amides is 1. The van der Waals surface area contributed by atoms with Crippen LogP contribution in [0.5, 0.6) is 0 Å². The number of ether oxygens (including phenoxy) is 1. The topological polar surface area (TPSA) is 89.3 Å². The van der Waals surface area contributed by atoms with Crippen LogP contribution < -0.4 is 5.32 Å². The highest BCUT2D eigenvalue weighted by atomic mass is 19.4. The molecule has 10 heteroatoms. The Bertz CT molecular complexity index is 814. The summed E-state index contributed by atoms with van der Waals surface area (Å²) in [5.74, 6) is -0.229. The molecule has 1 aliphatic rings. The van der Waals surface area contributed by atoms with E-state index < -0.39 is 17.8 Å². The van der Waals surface area contributed by atoms with Crippen molar-refractivity contribution in [2.24, 2.45) is 0 Å². The maximum absolute atomic E-state index is 12.6. The molecular formula is C18H21F3N4O3. The molecular weight excluding hydrogens is 377 g/mol. The van der Waals surface area contributed by atoms with Crippen molar-refractivity contribution in [1.29, 1.82) is 0 Å². The Kier molecular flexibility index (Phi) is 5.71. The van der Waals surface area contributed by atoms with Gasteiger partial charge in [0, 0.05) is 12.2 Å². The molecule has 0 aliphatic carbocycles. The number of rotatable bonds is 5. The van der Waals surface area contributed by atoms with Crippen LogP contribution >= 0.6 is 0 Å². The van der Waals surface area contributed by atoms with Crippen LogP contribution in [0, 0.1) is 0 Å². The van der Waals surface area contributed by atoms with Gasteiger partial charge in [-0.3, -0.25) is 4.79 Å². The molecule has 0 saturated carbocycles. The van der Waals surface area contributed by atoms with Crippen LogP contribution in [-0.4, -0.2) is 50.9 Å². The number of aliphatic hydroxyl groups excluding tert-OH is 1. The van der Waals surface area contributed by atoms with Crippen molar-refractivity contribution in [3.05, 3.63) is 36.0 Å². The smallest absolute Gasteiger partial charge is 0.379 e. The first-order valence-corrected chi connectivity index (χ1v) is 8.80. The van der Waals surface area contributed by atoms with Gasteiger partial charge in [-0.15, -0.1) is 5.10 Å². The number of alkyl halides is 3. The first-order valence-electron chi connectivity index (χ1n) is 8.80. The summed E-state index contributed by atoms with van der Waals surface area (Å²) in [6.45, 7) is 3.04. The fraction of sp³-hybridized carbons (Fsp3) is 0.500. The van der Waals surface area contributed by atoms with Gasteiger partial charge >= 0.3 is 6.18 Å². The van der Waals surface area contributed by atoms with Crippen LogP contribution in [0.25, 0.3) is 11.3 Å². The second-order valence-electron chi connectivity index (χ2n) is 7.13. The highest BCUT2D eigenvalue weighted by Crippen LogP contribution is 2.33. The van der Waals surface area contributed by atoms with Gasteiger partial charge in [0.1, 0.15) is 12.2 Å². The average Bonchev–Trinajstić information content (AvgIpc) is 3.09. The van der Waals surface area contributed by atoms with E-state index in [4.69, 9.17) is 4.74 Å². The minimum Gasteiger partial charge on any atom is -0.379 e. The fourth-order valence-corrected chi connectivity index (χ4v) is 3.09. The highest BCUT2D eigenvalue weighted by Gasteiger charge is 2.39. The van der Waals surface area contributed by atoms with Gasteiger partial charge in [-0.25, -0.2) is 4.68 Å². The SMILES string of the molecule is CC1(NC(=O)Cn2cc(-c3ccc(C(O)C(F)(F)F)cc3)nn2)CCCOC1. The minimum atomic E-state index is -4.72. The summed E-state index contributed by atoms with van der Waals surface area (Å²) in [5, 5.41) is 20.0. The van der Waals surface area contributed by atoms with Crippen LogP contribution in [0.3, 0.4) is 0 Å². The lowest BCUT2D eigenvalue weighted by Gasteiger charge is -2.34. The quantitative estimate of drug-likeness (QED) is 0.806. The number of halogens is 3. The Balaban J connectivity index is 1.63. The maximum Gasteiger partial charge on any atom is 0.418 e. The van der Waals surface area contributed by atoms with E-state index >= 15 is 0 Å². The van der Waals surface area contributed by atoms with Gasteiger partial charge in [0.05, 0.1) is 18.3 Å². The summed E-state index contributed by atoms with van der Waals surface area (Å²) >= 11 is 0. The van der Waals surface area contributed by atoms with Crippen LogP contribution in [0.15, 0.2) is 30.5 Å². The van der Waals surface area contributed by atoms with E-state index in [1.165, 1.54) is 35.1 Å². The van der Waals surface area contributed by atoms with E-state index in [0.29, 0.717) is 24.5 Å². The van der Waals surface area contributed by atoms with Crippen LogP contribution in [0.1, 0.15) is 31.4 Å². The number of hydrogen-bond donors (Lipinski definition) is 2. The Morgan fingerprint density at radius 3 is 2.71 bits per heavy atom. The zero-order valence-corrected chi connectivity index (χ0v) is 15.2. The molecule has 2 unspecified atom stereocenters. The number of nitrogens with one attached hydrogen (secondary N) is 1. The molecule has 2 atom stereocenters. The van der Waals surface area contributed by atoms with E-state index in [1.807, 2.05) is 6.92 Å². The Hall–Kier alpha value is -2.46. The number of aromatic nitrogens is 3. The molecule has 0 spiro atoms. The second-order valence-corrected chi connectivity index (χ2v) is 7.13. The summed E-state index contributed by atoms with van der Waals surface area (Å²) in [6.07, 6.45) is -4.01. The Morgan fingerprint density at radius 1 is 1.39 bits per heavy atom. The third-order valence-electron chi connectivity index (χ3n) is 4.56. The van der Waals surface area contributed by atoms with Crippen molar-refractivity contribution in [2.45, 2.75) is 44.1 Å². The van der Waals surface area contributed by atoms with E-state index in [2.05, 4.69) is 15.6 Å². The predicted molar refractivity (Wildman–Crippen MR) is 93.1 cm³/mol. The molecule has 1 saturated heterocycles. The average molecular weight is 398 g/mol. The lowest BCUT2D eigenvalue weighted by Crippen LogP contribution is -2.52. The zero-order chi connectivity index (χ0) is 20.4. The van der Waals surface area contributed by atoms with Gasteiger partial charge in [-0.1, -0.05) is 29.5 Å². The van der Waals surface area contributed by atoms with Gasteiger partial charge in [0.15, 0.2) is 6.10 Å². The number of aliphatic hydroxyl groups is 1. The number of benzene rings is 1. The van der Waals surface area contributed by atoms with E-state index in [0.717, 1.165) is 12.8 Å². The molecule has 1 amide bonds. The zero-order valence-electron chi connectivity index (χ0n) is 15.2. The molecule has 1 aromatic carbocycles. The molecule has 152 valence electrons. The number of carbonyl (C=O) groups excluding carboxylic acids is 1. The van der Waals surface area contributed by atoms with Crippen molar-refractivity contribution < 1.29 is 27.8 Å². The Morgan fingerprint density at radius 2 is 2.11 bits per heavy atom. The molecule has 3 rings (SSSR count). The molecule has 1 aromatic heterocycles. The van der Waals surface area contributed by atoms with Gasteiger partial charge in [-0.2, -0.15) is 13.2 Å². The first kappa shape index (κ1) is 20.3. The van der Waals surface area contributed by atoms with Crippen molar-refractivity contribution in [2.75, 3.05) is 13.2 Å². The van der Waals surface area contributed by atoms with Crippen LogP contribution in [0.2, 0.25) is 0 Å². The Labute approximate surface area is 159 Å². The van der Waals surface area contributed by atoms with E-state index in [9.17, 15) is 23.1 Å². The maximum atomic E-state index is 12.6. The summed E-state index contributed by atoms with van der Waals surface area (Å²) in [7, 11) is 0. The third-order valence-corrected chi connectivity index (χ3v) is 4.56. The summed E-state index contributed by atoms with van der Waals surface area (Å²) in [4.78, 5) is 12.3. The summed E-state index contributed by atoms with van der Waals surface area (Å²) in [6, 6.07) is 5.20. The first-order chi connectivity index (χ1) is 13.2. The van der Waals surface area contributed by atoms with Gasteiger partial charge < -0.3 is 15.2 Å². The normalized spacial score (nSPS) is 21.3. The largest absolute Gasteiger partial charge is 0.418 e. The summed E-state index contributed by atoms with van der Waals surface area (Å²) < 4.78 is 44.4. The van der Waals surface area contributed by atoms with Gasteiger partial charge in [0.2, 0.25) is 5.91 Å². The van der Waals surface area contributed by atoms with E-state index in [1.54, 1.807) is 0 Å². The number of hydrogen-bond acceptors (Lipinski definition) is 5. The molecule has 0 bridgehead atoms. The van der Waals surface area contributed by atoms with Gasteiger partial charge in [-0.05, 0) is 25.3 Å². The molecule has 1 aliphatic heterocycles. The predicted octanol–water partition coefficient (Wildman–Crippen LogP) is 2.23. The molecule has 2 aromatic rings. The van der Waals surface area contributed by atoms with E-state index in [-0.39, 0.29) is 18.0 Å². The highest BCUT2D eigenvalue weighted by molar-refractivity contribution is 5.76. The second kappa shape index (κ2) is 7.88. The third kappa shape index (κ3) is 4.87. The number of nitrogens with zero attached hydrogens (tertiary/aromatic N) is 3. The monoisotopic (exact) mass is 398 g/mol. The van der Waals surface area contributed by atoms with Crippen LogP contribution in [-0.2, 0) is 16.1 Å². The van der Waals surface area contributed by atoms with Gasteiger partial charge in [0.25, 0.3) is 0 Å². The van der Waals surface area contributed by atoms with Crippen molar-refractivity contribution in [3.8, 4) is 11.3 Å². The lowest BCUT2D eigenvalue weighted by molar-refractivity contribution is -0.206. The molecule has 7 nitrogen and oxygen atoms in total. The number of carbonyl (C=O) groups is 1. The van der Waals surface area contributed by atoms with Crippen LogP contribution in [0.4, 0.5) is 13.2 Å². The fourth-order valence-electron chi connectivity index (χ4n) is 3.09.